The van der Waals surface area contributed by atoms with Crippen LogP contribution in [0.25, 0.3) is 0 Å². The maximum Gasteiger partial charge on any atom is 0.121 e. The van der Waals surface area contributed by atoms with E-state index in [1.165, 1.54) is 6.07 Å². The van der Waals surface area contributed by atoms with Crippen molar-refractivity contribution in [3.05, 3.63) is 28.3 Å². The maximum absolute atomic E-state index is 9.47. The summed E-state index contributed by atoms with van der Waals surface area (Å²) in [6.07, 6.45) is 0. The predicted molar refractivity (Wildman–Crippen MR) is 50.6 cm³/mol. The van der Waals surface area contributed by atoms with Gasteiger partial charge in [-0.2, -0.15) is 0 Å². The fraction of sp³-hybridized carbons (Fsp3) is 0.400. The van der Waals surface area contributed by atoms with Gasteiger partial charge in [-0.25, -0.2) is 0 Å². The second-order valence-electron chi connectivity index (χ2n) is 3.11. The van der Waals surface area contributed by atoms with E-state index in [4.69, 9.17) is 15.3 Å². The monoisotopic (exact) mass is 198 g/mol. The van der Waals surface area contributed by atoms with Crippen molar-refractivity contribution in [2.45, 2.75) is 26.7 Å². The molecule has 0 saturated heterocycles. The van der Waals surface area contributed by atoms with E-state index >= 15 is 0 Å². The highest BCUT2D eigenvalue weighted by atomic mass is 16.3. The topological polar surface area (TPSA) is 80.9 Å². The van der Waals surface area contributed by atoms with Crippen molar-refractivity contribution in [3.63, 3.8) is 0 Å². The maximum atomic E-state index is 9.47. The first kappa shape index (κ1) is 11.0. The molecule has 4 N–H and O–H groups in total. The molecular weight excluding hydrogens is 184 g/mol. The van der Waals surface area contributed by atoms with Crippen molar-refractivity contribution < 1.29 is 20.4 Å². The van der Waals surface area contributed by atoms with E-state index in [0.29, 0.717) is 22.3 Å². The van der Waals surface area contributed by atoms with Crippen molar-refractivity contribution in [2.75, 3.05) is 0 Å². The van der Waals surface area contributed by atoms with Gasteiger partial charge in [0.05, 0.1) is 19.8 Å². The largest absolute Gasteiger partial charge is 0.508 e. The SMILES string of the molecule is Cc1c(CO)c(O)cc(CO)c1CO. The van der Waals surface area contributed by atoms with Crippen molar-refractivity contribution in [1.29, 1.82) is 0 Å². The van der Waals surface area contributed by atoms with Crippen LogP contribution in [0.2, 0.25) is 0 Å². The van der Waals surface area contributed by atoms with Crippen LogP contribution in [0, 0.1) is 6.92 Å². The molecule has 4 nitrogen and oxygen atoms in total. The van der Waals surface area contributed by atoms with Crippen molar-refractivity contribution in [1.82, 2.24) is 0 Å². The fourth-order valence-electron chi connectivity index (χ4n) is 1.52. The molecule has 0 amide bonds. The lowest BCUT2D eigenvalue weighted by atomic mass is 9.97. The lowest BCUT2D eigenvalue weighted by Gasteiger charge is -2.13. The van der Waals surface area contributed by atoms with Crippen molar-refractivity contribution in [3.8, 4) is 5.75 Å². The quantitative estimate of drug-likeness (QED) is 0.558. The normalized spacial score (nSPS) is 10.6. The van der Waals surface area contributed by atoms with Crippen LogP contribution < -0.4 is 0 Å². The van der Waals surface area contributed by atoms with E-state index < -0.39 is 0 Å². The molecule has 0 aliphatic rings. The molecule has 1 rings (SSSR count). The van der Waals surface area contributed by atoms with Gasteiger partial charge < -0.3 is 20.4 Å². The molecule has 4 heteroatoms. The number of aliphatic hydroxyl groups excluding tert-OH is 3. The highest BCUT2D eigenvalue weighted by Gasteiger charge is 2.12. The van der Waals surface area contributed by atoms with E-state index in [9.17, 15) is 5.11 Å². The van der Waals surface area contributed by atoms with Gasteiger partial charge in [0.15, 0.2) is 0 Å². The van der Waals surface area contributed by atoms with E-state index in [-0.39, 0.29) is 25.6 Å². The number of benzene rings is 1. The highest BCUT2D eigenvalue weighted by molar-refractivity contribution is 5.47. The first-order chi connectivity index (χ1) is 6.65. The van der Waals surface area contributed by atoms with Gasteiger partial charge in [-0.05, 0) is 29.7 Å². The molecule has 0 spiro atoms. The minimum atomic E-state index is -0.281. The Kier molecular flexibility index (Phi) is 3.46. The van der Waals surface area contributed by atoms with Crippen LogP contribution in [0.1, 0.15) is 22.3 Å². The second-order valence-corrected chi connectivity index (χ2v) is 3.11. The summed E-state index contributed by atoms with van der Waals surface area (Å²) in [6, 6.07) is 1.37. The molecule has 14 heavy (non-hydrogen) atoms. The number of phenols is 1. The molecule has 0 aliphatic carbocycles. The van der Waals surface area contributed by atoms with Crippen LogP contribution in [0.3, 0.4) is 0 Å². The third-order valence-corrected chi connectivity index (χ3v) is 2.40. The number of hydrogen-bond donors (Lipinski definition) is 4. The third kappa shape index (κ3) is 1.72. The summed E-state index contributed by atoms with van der Waals surface area (Å²) in [4.78, 5) is 0. The van der Waals surface area contributed by atoms with Gasteiger partial charge in [-0.15, -0.1) is 0 Å². The molecule has 0 aliphatic heterocycles. The Bertz CT molecular complexity index is 333. The number of hydrogen-bond acceptors (Lipinski definition) is 4. The van der Waals surface area contributed by atoms with Gasteiger partial charge in [0.2, 0.25) is 0 Å². The zero-order chi connectivity index (χ0) is 10.7. The molecule has 0 saturated carbocycles. The summed E-state index contributed by atoms with van der Waals surface area (Å²) in [5.74, 6) is -0.0498. The smallest absolute Gasteiger partial charge is 0.121 e. The van der Waals surface area contributed by atoms with Crippen LogP contribution in [0.5, 0.6) is 5.75 Å². The van der Waals surface area contributed by atoms with Crippen LogP contribution in [0.15, 0.2) is 6.07 Å². The van der Waals surface area contributed by atoms with E-state index in [1.807, 2.05) is 0 Å². The Morgan fingerprint density at radius 2 is 1.57 bits per heavy atom. The lowest BCUT2D eigenvalue weighted by molar-refractivity contribution is 0.254. The minimum absolute atomic E-state index is 0.0498. The molecule has 0 radical (unpaired) electrons. The second kappa shape index (κ2) is 4.41. The van der Waals surface area contributed by atoms with E-state index in [2.05, 4.69) is 0 Å². The third-order valence-electron chi connectivity index (χ3n) is 2.40. The Morgan fingerprint density at radius 1 is 1.00 bits per heavy atom. The van der Waals surface area contributed by atoms with Gasteiger partial charge in [0.1, 0.15) is 5.75 Å². The fourth-order valence-corrected chi connectivity index (χ4v) is 1.52. The van der Waals surface area contributed by atoms with Gasteiger partial charge in [0.25, 0.3) is 0 Å². The molecule has 0 heterocycles. The standard InChI is InChI=1S/C10H14O4/c1-6-8(4-12)7(3-11)2-10(14)9(6)5-13/h2,11-14H,3-5H2,1H3. The number of aromatic hydroxyl groups is 1. The van der Waals surface area contributed by atoms with Crippen LogP contribution >= 0.6 is 0 Å². The molecular formula is C10H14O4. The molecule has 0 bridgehead atoms. The zero-order valence-corrected chi connectivity index (χ0v) is 7.99. The first-order valence-corrected chi connectivity index (χ1v) is 4.31. The summed E-state index contributed by atoms with van der Waals surface area (Å²) in [7, 11) is 0. The van der Waals surface area contributed by atoms with Crippen LogP contribution in [-0.4, -0.2) is 20.4 Å². The summed E-state index contributed by atoms with van der Waals surface area (Å²) >= 11 is 0. The molecule has 0 aromatic heterocycles. The zero-order valence-electron chi connectivity index (χ0n) is 7.99. The Hall–Kier alpha value is -1.10. The first-order valence-electron chi connectivity index (χ1n) is 4.31. The van der Waals surface area contributed by atoms with Gasteiger partial charge in [0, 0.05) is 5.56 Å². The molecule has 0 atom stereocenters. The summed E-state index contributed by atoms with van der Waals surface area (Å²) < 4.78 is 0. The number of rotatable bonds is 3. The van der Waals surface area contributed by atoms with Gasteiger partial charge >= 0.3 is 0 Å². The Balaban J connectivity index is 3.39. The average Bonchev–Trinajstić information content (AvgIpc) is 2.17. The van der Waals surface area contributed by atoms with Crippen molar-refractivity contribution in [2.24, 2.45) is 0 Å². The predicted octanol–water partition coefficient (Wildman–Crippen LogP) is 0.178. The molecule has 0 fully saturated rings. The molecule has 1 aromatic rings. The van der Waals surface area contributed by atoms with Crippen LogP contribution in [0.4, 0.5) is 0 Å². The lowest BCUT2D eigenvalue weighted by Crippen LogP contribution is -2.02. The molecule has 0 unspecified atom stereocenters. The summed E-state index contributed by atoms with van der Waals surface area (Å²) in [5.41, 5.74) is 2.07. The molecule has 78 valence electrons. The van der Waals surface area contributed by atoms with Gasteiger partial charge in [-0.1, -0.05) is 0 Å². The van der Waals surface area contributed by atoms with E-state index in [1.54, 1.807) is 6.92 Å². The van der Waals surface area contributed by atoms with Crippen molar-refractivity contribution >= 4 is 0 Å². The van der Waals surface area contributed by atoms with Gasteiger partial charge in [-0.3, -0.25) is 0 Å². The highest BCUT2D eigenvalue weighted by Crippen LogP contribution is 2.27. The Labute approximate surface area is 82.1 Å². The van der Waals surface area contributed by atoms with Crippen LogP contribution in [-0.2, 0) is 19.8 Å². The summed E-state index contributed by atoms with van der Waals surface area (Å²) in [5, 5.41) is 36.5. The minimum Gasteiger partial charge on any atom is -0.508 e. The van der Waals surface area contributed by atoms with E-state index in [0.717, 1.165) is 0 Å². The number of aliphatic hydroxyl groups is 3. The molecule has 1 aromatic carbocycles. The average molecular weight is 198 g/mol. The summed E-state index contributed by atoms with van der Waals surface area (Å²) in [6.45, 7) is 0.956. The Morgan fingerprint density at radius 3 is 2.00 bits per heavy atom.